The van der Waals surface area contributed by atoms with Gasteiger partial charge in [0.2, 0.25) is 0 Å². The molecular formula is C26H40N2O48S12. The zero-order chi connectivity index (χ0) is 67.9. The first kappa shape index (κ1) is 77.8. The highest BCUT2D eigenvalue weighted by Crippen LogP contribution is 2.38. The highest BCUT2D eigenvalue weighted by atomic mass is 32.3. The van der Waals surface area contributed by atoms with Gasteiger partial charge in [0.15, 0.2) is 0 Å². The summed E-state index contributed by atoms with van der Waals surface area (Å²) in [4.78, 5) is 0.0614. The SMILES string of the molecule is O=S(=O)(O)O[C@H]1[C@H](OS(=O)(=O)O)[C@@H](N(CCN([C@H]2C=C[C@@H](OS(=O)(=O)O)[C@@H](OS(=O)(=O)O)[C@@H]2OS(=O)(=O)O)[C@H]2C=C[C@@H](OS(=O)(=O)O)[C@@H](OS(=O)(=O)O)[C@@H]2OS(=O)(=O)O)[C@H]2C=C[C@@H](OS(=O)(=O)O)[C@@H](OS(=O)(=O)O)[C@@H]2OS(=O)(=O)O)C=C[C@H]1OS(=O)(=O)O. The van der Waals surface area contributed by atoms with Crippen LogP contribution in [0, 0.1) is 0 Å². The van der Waals surface area contributed by atoms with E-state index in [9.17, 15) is 156 Å². The number of nitrogens with zero attached hydrogens (tertiary/aromatic N) is 2. The van der Waals surface area contributed by atoms with E-state index in [2.05, 4.69) is 50.2 Å². The third-order valence-electron chi connectivity index (χ3n) is 10.9. The molecule has 0 aromatic rings. The second kappa shape index (κ2) is 27.7. The molecule has 4 aliphatic carbocycles. The van der Waals surface area contributed by atoms with E-state index in [4.69, 9.17) is 0 Å². The van der Waals surface area contributed by atoms with E-state index in [1.165, 1.54) is 0 Å². The molecule has 0 aliphatic heterocycles. The molecule has 0 radical (unpaired) electrons. The summed E-state index contributed by atoms with van der Waals surface area (Å²) in [6.07, 6.45) is -37.7. The van der Waals surface area contributed by atoms with E-state index in [0.717, 1.165) is 0 Å². The summed E-state index contributed by atoms with van der Waals surface area (Å²) in [5.41, 5.74) is 0. The normalized spacial score (nSPS) is 31.1. The Morgan fingerprint density at radius 3 is 0.455 bits per heavy atom. The molecular weight excluding hydrogens is 1490 g/mol. The average Bonchev–Trinajstić information content (AvgIpc) is 0.812. The molecule has 0 amide bonds. The lowest BCUT2D eigenvalue weighted by Crippen LogP contribution is -2.67. The van der Waals surface area contributed by atoms with Crippen LogP contribution in [0.5, 0.6) is 0 Å². The van der Waals surface area contributed by atoms with Gasteiger partial charge in [-0.1, -0.05) is 48.6 Å². The Morgan fingerprint density at radius 2 is 0.330 bits per heavy atom. The molecule has 0 spiro atoms. The predicted molar refractivity (Wildman–Crippen MR) is 262 cm³/mol. The molecule has 0 heterocycles. The molecule has 0 fully saturated rings. The van der Waals surface area contributed by atoms with Crippen molar-refractivity contribution >= 4 is 125 Å². The van der Waals surface area contributed by atoms with E-state index in [1.54, 1.807) is 0 Å². The zero-order valence-electron chi connectivity index (χ0n) is 41.1. The van der Waals surface area contributed by atoms with Gasteiger partial charge in [-0.15, -0.1) is 0 Å². The van der Waals surface area contributed by atoms with Crippen LogP contribution >= 0.6 is 0 Å². The molecule has 4 rings (SSSR count). The second-order valence-electron chi connectivity index (χ2n) is 16.8. The fourth-order valence-corrected chi connectivity index (χ4v) is 14.5. The Morgan fingerprint density at radius 1 is 0.205 bits per heavy atom. The lowest BCUT2D eigenvalue weighted by Gasteiger charge is -2.50. The first-order valence-electron chi connectivity index (χ1n) is 21.2. The van der Waals surface area contributed by atoms with Gasteiger partial charge in [-0.05, 0) is 0 Å². The molecule has 0 saturated carbocycles. The second-order valence-corrected chi connectivity index (χ2v) is 29.4. The van der Waals surface area contributed by atoms with Gasteiger partial charge in [0.05, 0.1) is 24.2 Å². The first-order chi connectivity index (χ1) is 39.1. The summed E-state index contributed by atoms with van der Waals surface area (Å²) in [6.45, 7) is -3.75. The molecule has 0 aromatic carbocycles. The van der Waals surface area contributed by atoms with Crippen LogP contribution in [0.4, 0.5) is 0 Å². The Kier molecular flexibility index (Phi) is 24.5. The van der Waals surface area contributed by atoms with Gasteiger partial charge in [0.25, 0.3) is 0 Å². The van der Waals surface area contributed by atoms with E-state index in [-0.39, 0.29) is 58.4 Å². The van der Waals surface area contributed by atoms with Crippen molar-refractivity contribution in [3.8, 4) is 0 Å². The Bertz CT molecular complexity index is 3600. The third kappa shape index (κ3) is 26.4. The Labute approximate surface area is 496 Å². The maximum atomic E-state index is 12.6. The van der Waals surface area contributed by atoms with Crippen LogP contribution in [0.25, 0.3) is 0 Å². The number of hydrogen-bond donors (Lipinski definition) is 12. The molecule has 4 aliphatic rings. The molecule has 0 unspecified atom stereocenters. The summed E-state index contributed by atoms with van der Waals surface area (Å²) >= 11 is 0. The first-order valence-corrected chi connectivity index (χ1v) is 37.6. The Hall–Kier alpha value is -2.68. The van der Waals surface area contributed by atoms with Crippen LogP contribution in [0.3, 0.4) is 0 Å². The van der Waals surface area contributed by atoms with Crippen molar-refractivity contribution in [3.05, 3.63) is 48.6 Å². The smallest absolute Gasteiger partial charge is 0.284 e. The fraction of sp³-hybridized carbons (Fsp3) is 0.692. The van der Waals surface area contributed by atoms with Crippen LogP contribution < -0.4 is 0 Å². The van der Waals surface area contributed by atoms with Crippen molar-refractivity contribution in [2.45, 2.75) is 97.4 Å². The summed E-state index contributed by atoms with van der Waals surface area (Å²) in [5, 5.41) is 0. The summed E-state index contributed by atoms with van der Waals surface area (Å²) in [7, 11) is -75.2. The van der Waals surface area contributed by atoms with E-state index >= 15 is 0 Å². The van der Waals surface area contributed by atoms with Crippen LogP contribution in [0.15, 0.2) is 48.6 Å². The lowest BCUT2D eigenvalue weighted by molar-refractivity contribution is -0.0963. The van der Waals surface area contributed by atoms with Crippen molar-refractivity contribution in [2.24, 2.45) is 0 Å². The van der Waals surface area contributed by atoms with E-state index < -0.39 is 235 Å². The van der Waals surface area contributed by atoms with Crippen LogP contribution in [-0.2, 0) is 175 Å². The monoisotopic (exact) mass is 1530 g/mol. The summed E-state index contributed by atoms with van der Waals surface area (Å²) < 4.78 is 466. The van der Waals surface area contributed by atoms with Gasteiger partial charge in [0, 0.05) is 13.1 Å². The quantitative estimate of drug-likeness (QED) is 0.0227. The highest BCUT2D eigenvalue weighted by molar-refractivity contribution is 7.83. The fourth-order valence-electron chi connectivity index (χ4n) is 8.63. The number of hydrogen-bond acceptors (Lipinski definition) is 38. The highest BCUT2D eigenvalue weighted by Gasteiger charge is 2.56. The number of rotatable bonds is 31. The minimum atomic E-state index is -6.43. The third-order valence-corrected chi connectivity index (χ3v) is 16.5. The molecule has 0 aromatic heterocycles. The summed E-state index contributed by atoms with van der Waals surface area (Å²) in [6, 6.07) is -11.8. The molecule has 12 N–H and O–H groups in total. The van der Waals surface area contributed by atoms with Crippen molar-refractivity contribution < 1.29 is 206 Å². The van der Waals surface area contributed by atoms with Crippen molar-refractivity contribution in [3.63, 3.8) is 0 Å². The lowest BCUT2D eigenvalue weighted by atomic mass is 9.87. The topological polar surface area (TPSA) is 770 Å². The van der Waals surface area contributed by atoms with E-state index in [1.807, 2.05) is 0 Å². The van der Waals surface area contributed by atoms with Gasteiger partial charge >= 0.3 is 125 Å². The van der Waals surface area contributed by atoms with Gasteiger partial charge in [-0.3, -0.25) is 64.4 Å². The largest absolute Gasteiger partial charge is 0.398 e. The van der Waals surface area contributed by atoms with Crippen LogP contribution in [0.2, 0.25) is 0 Å². The molecule has 0 bridgehead atoms. The standard InChI is InChI=1S/C26H40N2O48S12/c29-77(30,31)65-15-5-1-11(19(69-81(41,42)43)23(15)73-85(53,54)55)27(12-2-6-16(66-78(32,33)34)24(74-86(56,57)58)20(12)70-82(44,45)46)9-10-28(13-3-7-17(67-79(35,36)37)25(75-87(59,60)61)21(13)71-83(47,48)49)14-4-8-18(68-80(38,39)40)26(76-88(62,63)64)22(14)72-84(50,51)52/h1-8,11-26H,9-10H2,(H,29,30,31)(H,32,33,34)(H,35,36,37)(H,38,39,40)(H,41,42,43)(H,44,45,46)(H,47,48,49)(H,50,51,52)(H,53,54,55)(H,56,57,58)(H,59,60,61)(H,62,63,64)/t11-,12-,13-,14-,15+,16+,17+,18+,19+,20+,21+,22+,23+,24+,25+,26+/m0/s1. The minimum Gasteiger partial charge on any atom is -0.284 e. The molecule has 514 valence electrons. The zero-order valence-corrected chi connectivity index (χ0v) is 50.9. The predicted octanol–water partition coefficient (Wildman–Crippen LogP) is -8.40. The van der Waals surface area contributed by atoms with Gasteiger partial charge in [0.1, 0.15) is 73.2 Å². The Balaban J connectivity index is 2.36. The van der Waals surface area contributed by atoms with Crippen molar-refractivity contribution in [1.82, 2.24) is 9.80 Å². The summed E-state index contributed by atoms with van der Waals surface area (Å²) in [5.74, 6) is 0. The average molecular weight is 1530 g/mol. The van der Waals surface area contributed by atoms with E-state index in [0.29, 0.717) is 0 Å². The van der Waals surface area contributed by atoms with Gasteiger partial charge in [-0.25, -0.2) is 50.2 Å². The maximum Gasteiger partial charge on any atom is 0.398 e. The van der Waals surface area contributed by atoms with Crippen LogP contribution in [0.1, 0.15) is 0 Å². The maximum absolute atomic E-state index is 12.6. The molecule has 62 heteroatoms. The molecule has 16 atom stereocenters. The molecule has 88 heavy (non-hydrogen) atoms. The van der Waals surface area contributed by atoms with Crippen molar-refractivity contribution in [2.75, 3.05) is 13.1 Å². The molecule has 0 saturated heterocycles. The minimum absolute atomic E-state index is 0.0307. The molecule has 50 nitrogen and oxygen atoms in total. The van der Waals surface area contributed by atoms with Gasteiger partial charge < -0.3 is 0 Å². The van der Waals surface area contributed by atoms with Crippen molar-refractivity contribution in [1.29, 1.82) is 0 Å². The van der Waals surface area contributed by atoms with Gasteiger partial charge in [-0.2, -0.15) is 101 Å². The van der Waals surface area contributed by atoms with Crippen LogP contribution in [-0.4, -0.2) is 276 Å².